The topological polar surface area (TPSA) is 27.0 Å². The van der Waals surface area contributed by atoms with Crippen LogP contribution < -0.4 is 0 Å². The Hall–Kier alpha value is -0.980. The zero-order valence-electron chi connectivity index (χ0n) is 10.8. The molecule has 1 heterocycles. The van der Waals surface area contributed by atoms with Crippen molar-refractivity contribution in [1.82, 2.24) is 4.90 Å². The molecular weight excluding hydrogens is 240 g/mol. The fraction of sp³-hybridized carbons (Fsp3) is 0.533. The zero-order valence-corrected chi connectivity index (χ0v) is 11.6. The molecule has 0 bridgehead atoms. The third-order valence-electron chi connectivity index (χ3n) is 3.35. The molecule has 1 saturated heterocycles. The van der Waals surface area contributed by atoms with Crippen LogP contribution in [0.1, 0.15) is 30.4 Å². The summed E-state index contributed by atoms with van der Waals surface area (Å²) in [5.74, 6) is 2.26. The molecule has 18 heavy (non-hydrogen) atoms. The Morgan fingerprint density at radius 3 is 2.50 bits per heavy atom. The van der Waals surface area contributed by atoms with Crippen molar-refractivity contribution >= 4 is 11.8 Å². The van der Waals surface area contributed by atoms with Crippen LogP contribution in [0.25, 0.3) is 0 Å². The van der Waals surface area contributed by atoms with Gasteiger partial charge in [0.05, 0.1) is 11.6 Å². The summed E-state index contributed by atoms with van der Waals surface area (Å²) >= 11 is 1.99. The van der Waals surface area contributed by atoms with Gasteiger partial charge in [-0.05, 0) is 43.6 Å². The molecule has 1 aliphatic heterocycles. The van der Waals surface area contributed by atoms with Gasteiger partial charge < -0.3 is 4.90 Å². The van der Waals surface area contributed by atoms with E-state index in [0.717, 1.165) is 11.3 Å². The van der Waals surface area contributed by atoms with E-state index in [4.69, 9.17) is 5.26 Å². The van der Waals surface area contributed by atoms with Crippen LogP contribution in [0.2, 0.25) is 0 Å². The van der Waals surface area contributed by atoms with Crippen molar-refractivity contribution in [3.8, 4) is 6.07 Å². The summed E-state index contributed by atoms with van der Waals surface area (Å²) in [6, 6.07) is 10.1. The molecule has 1 aliphatic rings. The Kier molecular flexibility index (Phi) is 5.57. The van der Waals surface area contributed by atoms with E-state index in [9.17, 15) is 0 Å². The molecule has 0 aromatic heterocycles. The van der Waals surface area contributed by atoms with Crippen LogP contribution in [-0.4, -0.2) is 30.3 Å². The van der Waals surface area contributed by atoms with Gasteiger partial charge in [0.25, 0.3) is 0 Å². The predicted octanol–water partition coefficient (Wildman–Crippen LogP) is 3.28. The lowest BCUT2D eigenvalue weighted by Gasteiger charge is -2.26. The smallest absolute Gasteiger partial charge is 0.0991 e. The average Bonchev–Trinajstić information content (AvgIpc) is 2.45. The highest BCUT2D eigenvalue weighted by molar-refractivity contribution is 7.98. The van der Waals surface area contributed by atoms with Gasteiger partial charge in [-0.2, -0.15) is 17.0 Å². The summed E-state index contributed by atoms with van der Waals surface area (Å²) in [5.41, 5.74) is 2.06. The van der Waals surface area contributed by atoms with Crippen molar-refractivity contribution in [2.24, 2.45) is 0 Å². The molecule has 1 aromatic rings. The van der Waals surface area contributed by atoms with Gasteiger partial charge in [-0.15, -0.1) is 0 Å². The van der Waals surface area contributed by atoms with Crippen LogP contribution in [0, 0.1) is 11.3 Å². The standard InChI is InChI=1S/C15H20N2S/c16-12-14-4-6-15(7-5-14)13-18-11-10-17-8-2-1-3-9-17/h4-7H,1-3,8-11,13H2. The van der Waals surface area contributed by atoms with Crippen molar-refractivity contribution in [3.63, 3.8) is 0 Å². The fourth-order valence-electron chi connectivity index (χ4n) is 2.24. The lowest BCUT2D eigenvalue weighted by atomic mass is 10.1. The molecule has 2 rings (SSSR count). The van der Waals surface area contributed by atoms with Gasteiger partial charge in [-0.3, -0.25) is 0 Å². The van der Waals surface area contributed by atoms with Crippen LogP contribution in [-0.2, 0) is 5.75 Å². The molecular formula is C15H20N2S. The van der Waals surface area contributed by atoms with E-state index >= 15 is 0 Å². The Morgan fingerprint density at radius 1 is 1.11 bits per heavy atom. The molecule has 3 heteroatoms. The van der Waals surface area contributed by atoms with Gasteiger partial charge in [0, 0.05) is 18.1 Å². The van der Waals surface area contributed by atoms with Gasteiger partial charge in [0.1, 0.15) is 0 Å². The molecule has 2 nitrogen and oxygen atoms in total. The van der Waals surface area contributed by atoms with Gasteiger partial charge in [-0.1, -0.05) is 18.6 Å². The van der Waals surface area contributed by atoms with Gasteiger partial charge in [-0.25, -0.2) is 0 Å². The highest BCUT2D eigenvalue weighted by Crippen LogP contribution is 2.14. The fourth-order valence-corrected chi connectivity index (χ4v) is 3.20. The Bertz CT molecular complexity index is 388. The first-order chi connectivity index (χ1) is 8.88. The third kappa shape index (κ3) is 4.36. The van der Waals surface area contributed by atoms with Gasteiger partial charge >= 0.3 is 0 Å². The third-order valence-corrected chi connectivity index (χ3v) is 4.36. The normalized spacial score (nSPS) is 16.4. The Labute approximate surface area is 114 Å². The Balaban J connectivity index is 1.63. The van der Waals surface area contributed by atoms with Crippen LogP contribution in [0.3, 0.4) is 0 Å². The van der Waals surface area contributed by atoms with Crippen molar-refractivity contribution < 1.29 is 0 Å². The summed E-state index contributed by atoms with van der Waals surface area (Å²) in [6.07, 6.45) is 4.16. The van der Waals surface area contributed by atoms with Gasteiger partial charge in [0.2, 0.25) is 0 Å². The van der Waals surface area contributed by atoms with Crippen molar-refractivity contribution in [3.05, 3.63) is 35.4 Å². The van der Waals surface area contributed by atoms with Gasteiger partial charge in [0.15, 0.2) is 0 Å². The molecule has 1 fully saturated rings. The second-order valence-electron chi connectivity index (χ2n) is 4.76. The largest absolute Gasteiger partial charge is 0.303 e. The van der Waals surface area contributed by atoms with E-state index in [-0.39, 0.29) is 0 Å². The number of piperidine rings is 1. The van der Waals surface area contributed by atoms with Crippen molar-refractivity contribution in [1.29, 1.82) is 5.26 Å². The number of hydrogen-bond donors (Lipinski definition) is 0. The summed E-state index contributed by atoms with van der Waals surface area (Å²) in [4.78, 5) is 2.58. The van der Waals surface area contributed by atoms with E-state index in [1.165, 1.54) is 50.2 Å². The maximum absolute atomic E-state index is 8.73. The number of nitriles is 1. The van der Waals surface area contributed by atoms with E-state index in [0.29, 0.717) is 0 Å². The molecule has 0 saturated carbocycles. The van der Waals surface area contributed by atoms with Crippen LogP contribution >= 0.6 is 11.8 Å². The maximum Gasteiger partial charge on any atom is 0.0991 e. The molecule has 0 amide bonds. The maximum atomic E-state index is 8.73. The lowest BCUT2D eigenvalue weighted by Crippen LogP contribution is -2.31. The Morgan fingerprint density at radius 2 is 1.83 bits per heavy atom. The number of hydrogen-bond acceptors (Lipinski definition) is 3. The van der Waals surface area contributed by atoms with Crippen molar-refractivity contribution in [2.45, 2.75) is 25.0 Å². The second kappa shape index (κ2) is 7.45. The predicted molar refractivity (Wildman–Crippen MR) is 77.6 cm³/mol. The summed E-state index contributed by atoms with van der Waals surface area (Å²) in [6.45, 7) is 3.80. The highest BCUT2D eigenvalue weighted by atomic mass is 32.2. The number of thioether (sulfide) groups is 1. The quantitative estimate of drug-likeness (QED) is 0.760. The summed E-state index contributed by atoms with van der Waals surface area (Å²) < 4.78 is 0. The molecule has 0 N–H and O–H groups in total. The summed E-state index contributed by atoms with van der Waals surface area (Å²) in [5, 5.41) is 8.73. The zero-order chi connectivity index (χ0) is 12.6. The molecule has 0 radical (unpaired) electrons. The number of nitrogens with zero attached hydrogens (tertiary/aromatic N) is 2. The molecule has 96 valence electrons. The first-order valence-corrected chi connectivity index (χ1v) is 7.83. The van der Waals surface area contributed by atoms with Crippen LogP contribution in [0.4, 0.5) is 0 Å². The number of likely N-dealkylation sites (tertiary alicyclic amines) is 1. The number of benzene rings is 1. The highest BCUT2D eigenvalue weighted by Gasteiger charge is 2.08. The summed E-state index contributed by atoms with van der Waals surface area (Å²) in [7, 11) is 0. The minimum atomic E-state index is 0.747. The molecule has 0 atom stereocenters. The van der Waals surface area contributed by atoms with E-state index < -0.39 is 0 Å². The molecule has 0 spiro atoms. The average molecular weight is 260 g/mol. The first kappa shape index (κ1) is 13.5. The number of rotatable bonds is 5. The van der Waals surface area contributed by atoms with E-state index in [2.05, 4.69) is 23.1 Å². The first-order valence-electron chi connectivity index (χ1n) is 6.67. The lowest BCUT2D eigenvalue weighted by molar-refractivity contribution is 0.242. The molecule has 0 unspecified atom stereocenters. The van der Waals surface area contributed by atoms with Crippen LogP contribution in [0.15, 0.2) is 24.3 Å². The monoisotopic (exact) mass is 260 g/mol. The van der Waals surface area contributed by atoms with Crippen LogP contribution in [0.5, 0.6) is 0 Å². The van der Waals surface area contributed by atoms with Crippen molar-refractivity contribution in [2.75, 3.05) is 25.4 Å². The second-order valence-corrected chi connectivity index (χ2v) is 5.87. The van der Waals surface area contributed by atoms with E-state index in [1.807, 2.05) is 23.9 Å². The molecule has 1 aromatic carbocycles. The minimum absolute atomic E-state index is 0.747. The SMILES string of the molecule is N#Cc1ccc(CSCCN2CCCCC2)cc1. The van der Waals surface area contributed by atoms with E-state index in [1.54, 1.807) is 0 Å². The molecule has 0 aliphatic carbocycles. The minimum Gasteiger partial charge on any atom is -0.303 e.